The van der Waals surface area contributed by atoms with E-state index in [1.165, 1.54) is 17.8 Å². The van der Waals surface area contributed by atoms with Gasteiger partial charge in [-0.15, -0.1) is 11.3 Å². The van der Waals surface area contributed by atoms with E-state index in [-0.39, 0.29) is 5.76 Å². The lowest BCUT2D eigenvalue weighted by Gasteiger charge is -1.93. The molecule has 0 radical (unpaired) electrons. The third-order valence-corrected chi connectivity index (χ3v) is 3.55. The van der Waals surface area contributed by atoms with Crippen LogP contribution in [0.15, 0.2) is 33.3 Å². The van der Waals surface area contributed by atoms with Gasteiger partial charge in [0, 0.05) is 16.8 Å². The summed E-state index contributed by atoms with van der Waals surface area (Å²) in [7, 11) is 0. The third-order valence-electron chi connectivity index (χ3n) is 1.63. The first kappa shape index (κ1) is 10.3. The minimum atomic E-state index is -1.04. The molecule has 0 unspecified atom stereocenters. The number of aromatic nitrogens is 1. The molecule has 0 saturated carbocycles. The van der Waals surface area contributed by atoms with Gasteiger partial charge in [-0.05, 0) is 12.1 Å². The van der Waals surface area contributed by atoms with Crippen molar-refractivity contribution in [2.45, 2.75) is 10.8 Å². The minimum absolute atomic E-state index is 0.0261. The fourth-order valence-electron chi connectivity index (χ4n) is 0.968. The molecule has 0 bridgehead atoms. The van der Waals surface area contributed by atoms with Crippen molar-refractivity contribution >= 4 is 29.1 Å². The number of nitrogens with zero attached hydrogens (tertiary/aromatic N) is 1. The third kappa shape index (κ3) is 2.60. The van der Waals surface area contributed by atoms with Crippen molar-refractivity contribution in [2.75, 3.05) is 0 Å². The molecule has 6 heteroatoms. The van der Waals surface area contributed by atoms with Crippen LogP contribution < -0.4 is 0 Å². The van der Waals surface area contributed by atoms with Gasteiger partial charge in [-0.3, -0.25) is 4.98 Å². The van der Waals surface area contributed by atoms with E-state index >= 15 is 0 Å². The Balaban J connectivity index is 1.96. The number of carboxylic acids is 1. The number of thioether (sulfide) groups is 1. The quantitative estimate of drug-likeness (QED) is 0.834. The normalized spacial score (nSPS) is 10.4. The first-order valence-corrected chi connectivity index (χ1v) is 5.95. The van der Waals surface area contributed by atoms with E-state index in [9.17, 15) is 4.79 Å². The second-order valence-electron chi connectivity index (χ2n) is 2.68. The molecule has 0 aromatic carbocycles. The SMILES string of the molecule is O=C(O)c1ccc(SCc2cncs2)o1. The van der Waals surface area contributed by atoms with E-state index in [2.05, 4.69) is 4.98 Å². The number of carbonyl (C=O) groups is 1. The van der Waals surface area contributed by atoms with Crippen molar-refractivity contribution in [3.63, 3.8) is 0 Å². The van der Waals surface area contributed by atoms with E-state index in [1.807, 2.05) is 0 Å². The Morgan fingerprint density at radius 3 is 3.07 bits per heavy atom. The maximum Gasteiger partial charge on any atom is 0.371 e. The number of hydrogen-bond acceptors (Lipinski definition) is 5. The highest BCUT2D eigenvalue weighted by Crippen LogP contribution is 2.26. The summed E-state index contributed by atoms with van der Waals surface area (Å²) in [5.41, 5.74) is 1.76. The zero-order valence-electron chi connectivity index (χ0n) is 7.54. The Bertz CT molecular complexity index is 450. The number of thiazole rings is 1. The number of hydrogen-bond donors (Lipinski definition) is 1. The summed E-state index contributed by atoms with van der Waals surface area (Å²) in [6.45, 7) is 0. The standard InChI is InChI=1S/C9H7NO3S2/c11-9(12)7-1-2-8(13-7)14-4-6-3-10-5-15-6/h1-3,5H,4H2,(H,11,12). The van der Waals surface area contributed by atoms with Crippen LogP contribution in [0.5, 0.6) is 0 Å². The second kappa shape index (κ2) is 4.50. The highest BCUT2D eigenvalue weighted by atomic mass is 32.2. The predicted molar refractivity (Wildman–Crippen MR) is 57.3 cm³/mol. The first-order chi connectivity index (χ1) is 7.25. The van der Waals surface area contributed by atoms with Crippen molar-refractivity contribution in [1.29, 1.82) is 0 Å². The van der Waals surface area contributed by atoms with Gasteiger partial charge in [0.05, 0.1) is 5.51 Å². The lowest BCUT2D eigenvalue weighted by molar-refractivity contribution is 0.0656. The first-order valence-electron chi connectivity index (χ1n) is 4.09. The Morgan fingerprint density at radius 1 is 1.60 bits per heavy atom. The molecule has 0 aliphatic heterocycles. The molecule has 0 spiro atoms. The Morgan fingerprint density at radius 2 is 2.47 bits per heavy atom. The molecule has 4 nitrogen and oxygen atoms in total. The summed E-state index contributed by atoms with van der Waals surface area (Å²) < 4.78 is 5.09. The van der Waals surface area contributed by atoms with Gasteiger partial charge in [-0.1, -0.05) is 11.8 Å². The van der Waals surface area contributed by atoms with Crippen molar-refractivity contribution in [2.24, 2.45) is 0 Å². The van der Waals surface area contributed by atoms with Gasteiger partial charge in [0.1, 0.15) is 0 Å². The highest BCUT2D eigenvalue weighted by Gasteiger charge is 2.09. The molecular formula is C9H7NO3S2. The molecule has 78 valence electrons. The van der Waals surface area contributed by atoms with Gasteiger partial charge >= 0.3 is 5.97 Å². The average molecular weight is 241 g/mol. The monoisotopic (exact) mass is 241 g/mol. The molecule has 2 heterocycles. The van der Waals surface area contributed by atoms with Crippen LogP contribution in [0.3, 0.4) is 0 Å². The van der Waals surface area contributed by atoms with Crippen LogP contribution in [0.25, 0.3) is 0 Å². The van der Waals surface area contributed by atoms with Crippen LogP contribution in [-0.2, 0) is 5.75 Å². The molecule has 0 atom stereocenters. The zero-order valence-corrected chi connectivity index (χ0v) is 9.18. The Kier molecular flexibility index (Phi) is 3.08. The Labute approximate surface area is 94.0 Å². The van der Waals surface area contributed by atoms with Gasteiger partial charge in [-0.2, -0.15) is 0 Å². The van der Waals surface area contributed by atoms with Crippen molar-refractivity contribution < 1.29 is 14.3 Å². The lowest BCUT2D eigenvalue weighted by Crippen LogP contribution is -1.91. The molecule has 0 aliphatic rings. The van der Waals surface area contributed by atoms with E-state index in [1.54, 1.807) is 29.1 Å². The molecule has 0 saturated heterocycles. The van der Waals surface area contributed by atoms with Gasteiger partial charge < -0.3 is 9.52 Å². The highest BCUT2D eigenvalue weighted by molar-refractivity contribution is 7.98. The van der Waals surface area contributed by atoms with E-state index in [0.29, 0.717) is 5.09 Å². The van der Waals surface area contributed by atoms with Gasteiger partial charge in [0.15, 0.2) is 5.09 Å². The van der Waals surface area contributed by atoms with Gasteiger partial charge in [0.25, 0.3) is 0 Å². The maximum atomic E-state index is 10.5. The van der Waals surface area contributed by atoms with Crippen molar-refractivity contribution in [1.82, 2.24) is 4.98 Å². The average Bonchev–Trinajstić information content (AvgIpc) is 2.86. The van der Waals surface area contributed by atoms with Crippen LogP contribution in [0.1, 0.15) is 15.4 Å². The van der Waals surface area contributed by atoms with Crippen LogP contribution in [0, 0.1) is 0 Å². The van der Waals surface area contributed by atoms with Crippen LogP contribution >= 0.6 is 23.1 Å². The molecule has 1 N–H and O–H groups in total. The van der Waals surface area contributed by atoms with Crippen LogP contribution in [-0.4, -0.2) is 16.1 Å². The fraction of sp³-hybridized carbons (Fsp3) is 0.111. The summed E-state index contributed by atoms with van der Waals surface area (Å²) in [6.07, 6.45) is 1.79. The number of furan rings is 1. The molecule has 2 aromatic heterocycles. The van der Waals surface area contributed by atoms with Crippen molar-refractivity contribution in [3.05, 3.63) is 34.5 Å². The van der Waals surface area contributed by atoms with E-state index < -0.39 is 5.97 Å². The van der Waals surface area contributed by atoms with Gasteiger partial charge in [0.2, 0.25) is 5.76 Å². The molecule has 2 rings (SSSR count). The molecule has 0 aliphatic carbocycles. The van der Waals surface area contributed by atoms with Crippen LogP contribution in [0.4, 0.5) is 0 Å². The van der Waals surface area contributed by atoms with E-state index in [0.717, 1.165) is 10.6 Å². The summed E-state index contributed by atoms with van der Waals surface area (Å²) in [6, 6.07) is 3.12. The zero-order chi connectivity index (χ0) is 10.7. The molecule has 0 amide bonds. The molecule has 15 heavy (non-hydrogen) atoms. The topological polar surface area (TPSA) is 63.3 Å². The smallest absolute Gasteiger partial charge is 0.371 e. The largest absolute Gasteiger partial charge is 0.475 e. The van der Waals surface area contributed by atoms with E-state index in [4.69, 9.17) is 9.52 Å². The Hall–Kier alpha value is -1.27. The minimum Gasteiger partial charge on any atom is -0.475 e. The fourth-order valence-corrected chi connectivity index (χ4v) is 2.47. The maximum absolute atomic E-state index is 10.5. The van der Waals surface area contributed by atoms with Gasteiger partial charge in [-0.25, -0.2) is 4.79 Å². The summed E-state index contributed by atoms with van der Waals surface area (Å²) in [5.74, 6) is -0.321. The molecular weight excluding hydrogens is 234 g/mol. The number of carboxylic acid groups (broad SMARTS) is 1. The number of rotatable bonds is 4. The summed E-state index contributed by atoms with van der Waals surface area (Å²) in [5, 5.41) is 9.25. The summed E-state index contributed by atoms with van der Waals surface area (Å²) in [4.78, 5) is 15.6. The van der Waals surface area contributed by atoms with Crippen molar-refractivity contribution in [3.8, 4) is 0 Å². The summed E-state index contributed by atoms with van der Waals surface area (Å²) >= 11 is 3.02. The molecule has 0 fully saturated rings. The number of aromatic carboxylic acids is 1. The second-order valence-corrected chi connectivity index (χ2v) is 4.63. The van der Waals surface area contributed by atoms with Crippen LogP contribution in [0.2, 0.25) is 0 Å². The predicted octanol–water partition coefficient (Wildman–Crippen LogP) is 2.73. The lowest BCUT2D eigenvalue weighted by atomic mass is 10.5. The molecule has 2 aromatic rings.